The van der Waals surface area contributed by atoms with Crippen LogP contribution in [-0.2, 0) is 4.79 Å². The first kappa shape index (κ1) is 13.8. The van der Waals surface area contributed by atoms with Gasteiger partial charge in [0.05, 0.1) is 18.6 Å². The molecule has 0 aliphatic carbocycles. The van der Waals surface area contributed by atoms with Gasteiger partial charge in [-0.25, -0.2) is 0 Å². The number of benzene rings is 1. The molecular formula is C16H21NO2. The summed E-state index contributed by atoms with van der Waals surface area (Å²) in [6, 6.07) is 10.1. The van der Waals surface area contributed by atoms with Crippen LogP contribution in [0.5, 0.6) is 0 Å². The summed E-state index contributed by atoms with van der Waals surface area (Å²) in [7, 11) is 0. The van der Waals surface area contributed by atoms with Crippen LogP contribution in [0.4, 0.5) is 0 Å². The van der Waals surface area contributed by atoms with Crippen molar-refractivity contribution in [2.45, 2.75) is 19.4 Å². The van der Waals surface area contributed by atoms with E-state index in [1.165, 1.54) is 0 Å². The molecule has 3 atom stereocenters. The fraction of sp³-hybridized carbons (Fsp3) is 0.438. The maximum absolute atomic E-state index is 12.4. The van der Waals surface area contributed by atoms with Gasteiger partial charge in [-0.2, -0.15) is 0 Å². The molecule has 1 fully saturated rings. The van der Waals surface area contributed by atoms with Gasteiger partial charge in [-0.3, -0.25) is 4.79 Å². The normalized spacial score (nSPS) is 24.5. The van der Waals surface area contributed by atoms with E-state index in [0.717, 1.165) is 12.0 Å². The van der Waals surface area contributed by atoms with Crippen molar-refractivity contribution >= 4 is 5.91 Å². The third-order valence-electron chi connectivity index (χ3n) is 4.02. The van der Waals surface area contributed by atoms with E-state index in [-0.39, 0.29) is 30.4 Å². The van der Waals surface area contributed by atoms with Crippen LogP contribution < -0.4 is 0 Å². The molecule has 1 amide bonds. The Bertz CT molecular complexity index is 443. The third-order valence-corrected chi connectivity index (χ3v) is 4.02. The molecule has 0 radical (unpaired) electrons. The molecule has 0 saturated carbocycles. The monoisotopic (exact) mass is 259 g/mol. The molecule has 0 aromatic heterocycles. The van der Waals surface area contributed by atoms with Crippen molar-refractivity contribution in [2.75, 3.05) is 13.2 Å². The van der Waals surface area contributed by atoms with Crippen molar-refractivity contribution in [3.05, 3.63) is 48.6 Å². The van der Waals surface area contributed by atoms with Gasteiger partial charge >= 0.3 is 0 Å². The van der Waals surface area contributed by atoms with E-state index in [4.69, 9.17) is 0 Å². The summed E-state index contributed by atoms with van der Waals surface area (Å²) >= 11 is 0. The Morgan fingerprint density at radius 3 is 2.74 bits per heavy atom. The topological polar surface area (TPSA) is 40.5 Å². The van der Waals surface area contributed by atoms with E-state index < -0.39 is 0 Å². The molecule has 0 bridgehead atoms. The van der Waals surface area contributed by atoms with Crippen LogP contribution in [0.3, 0.4) is 0 Å². The van der Waals surface area contributed by atoms with Crippen molar-refractivity contribution in [1.29, 1.82) is 0 Å². The van der Waals surface area contributed by atoms with Crippen LogP contribution in [0.2, 0.25) is 0 Å². The van der Waals surface area contributed by atoms with Crippen molar-refractivity contribution in [3.63, 3.8) is 0 Å². The number of aliphatic hydroxyl groups is 1. The summed E-state index contributed by atoms with van der Waals surface area (Å²) in [6.45, 7) is 6.40. The molecule has 2 rings (SSSR count). The van der Waals surface area contributed by atoms with E-state index in [1.54, 1.807) is 0 Å². The first-order valence-corrected chi connectivity index (χ1v) is 6.76. The van der Waals surface area contributed by atoms with Crippen LogP contribution in [0, 0.1) is 11.8 Å². The van der Waals surface area contributed by atoms with Crippen molar-refractivity contribution < 1.29 is 9.90 Å². The molecular weight excluding hydrogens is 238 g/mol. The second-order valence-electron chi connectivity index (χ2n) is 5.15. The molecule has 102 valence electrons. The van der Waals surface area contributed by atoms with Gasteiger partial charge < -0.3 is 10.0 Å². The molecule has 1 heterocycles. The summed E-state index contributed by atoms with van der Waals surface area (Å²) in [5.41, 5.74) is 1.13. The average molecular weight is 259 g/mol. The zero-order valence-corrected chi connectivity index (χ0v) is 11.3. The standard InChI is InChI=1S/C16H21NO2/c1-3-7-14-10-17(16(19)15(14)11-18)12(2)13-8-5-4-6-9-13/h3-6,8-9,12,14-15,18H,1,7,10-11H2,2H3/t12?,14?,15-/m1/s1. The average Bonchev–Trinajstić information content (AvgIpc) is 2.75. The molecule has 1 saturated heterocycles. The fourth-order valence-electron chi connectivity index (χ4n) is 2.83. The zero-order valence-electron chi connectivity index (χ0n) is 11.3. The van der Waals surface area contributed by atoms with Gasteiger partial charge in [-0.1, -0.05) is 36.4 Å². The third kappa shape index (κ3) is 2.71. The molecule has 3 heteroatoms. The maximum Gasteiger partial charge on any atom is 0.228 e. The van der Waals surface area contributed by atoms with Crippen LogP contribution in [0.15, 0.2) is 43.0 Å². The van der Waals surface area contributed by atoms with Gasteiger partial charge in [0.2, 0.25) is 5.91 Å². The molecule has 3 nitrogen and oxygen atoms in total. The van der Waals surface area contributed by atoms with E-state index in [2.05, 4.69) is 6.58 Å². The first-order valence-electron chi connectivity index (χ1n) is 6.76. The predicted octanol–water partition coefficient (Wildman–Crippen LogP) is 2.39. The Hall–Kier alpha value is -1.61. The molecule has 0 spiro atoms. The molecule has 1 aromatic rings. The van der Waals surface area contributed by atoms with Gasteiger partial charge in [0.1, 0.15) is 0 Å². The molecule has 1 aromatic carbocycles. The number of amides is 1. The lowest BCUT2D eigenvalue weighted by Crippen LogP contribution is -2.31. The van der Waals surface area contributed by atoms with Crippen molar-refractivity contribution in [1.82, 2.24) is 4.90 Å². The van der Waals surface area contributed by atoms with Gasteiger partial charge in [0.15, 0.2) is 0 Å². The number of aliphatic hydroxyl groups excluding tert-OH is 1. The van der Waals surface area contributed by atoms with E-state index in [0.29, 0.717) is 6.54 Å². The second-order valence-corrected chi connectivity index (χ2v) is 5.15. The maximum atomic E-state index is 12.4. The Kier molecular flexibility index (Phi) is 4.38. The minimum atomic E-state index is -0.274. The van der Waals surface area contributed by atoms with Crippen molar-refractivity contribution in [2.24, 2.45) is 11.8 Å². The van der Waals surface area contributed by atoms with Crippen LogP contribution >= 0.6 is 0 Å². The first-order chi connectivity index (χ1) is 9.19. The molecule has 1 aliphatic rings. The number of carbonyl (C=O) groups is 1. The lowest BCUT2D eigenvalue weighted by molar-refractivity contribution is -0.133. The number of hydrogen-bond acceptors (Lipinski definition) is 2. The largest absolute Gasteiger partial charge is 0.396 e. The number of likely N-dealkylation sites (tertiary alicyclic amines) is 1. The lowest BCUT2D eigenvalue weighted by Gasteiger charge is -2.25. The SMILES string of the molecule is C=CCC1CN(C(C)c2ccccc2)C(=O)[C@@H]1CO. The minimum Gasteiger partial charge on any atom is -0.396 e. The Morgan fingerprint density at radius 2 is 2.16 bits per heavy atom. The molecule has 1 aliphatic heterocycles. The van der Waals surface area contributed by atoms with Gasteiger partial charge in [0, 0.05) is 6.54 Å². The Labute approximate surface area is 114 Å². The van der Waals surface area contributed by atoms with Crippen LogP contribution in [0.1, 0.15) is 24.9 Å². The number of hydrogen-bond donors (Lipinski definition) is 1. The van der Waals surface area contributed by atoms with Gasteiger partial charge in [-0.15, -0.1) is 6.58 Å². The summed E-state index contributed by atoms with van der Waals surface area (Å²) in [5, 5.41) is 9.42. The molecule has 19 heavy (non-hydrogen) atoms. The molecule has 2 unspecified atom stereocenters. The smallest absolute Gasteiger partial charge is 0.228 e. The van der Waals surface area contributed by atoms with E-state index in [9.17, 15) is 9.90 Å². The summed E-state index contributed by atoms with van der Waals surface area (Å²) < 4.78 is 0. The quantitative estimate of drug-likeness (QED) is 0.825. The summed E-state index contributed by atoms with van der Waals surface area (Å²) in [4.78, 5) is 14.2. The number of allylic oxidation sites excluding steroid dienone is 1. The number of nitrogens with zero attached hydrogens (tertiary/aromatic N) is 1. The zero-order chi connectivity index (χ0) is 13.8. The predicted molar refractivity (Wildman–Crippen MR) is 75.4 cm³/mol. The molecule has 1 N–H and O–H groups in total. The summed E-state index contributed by atoms with van der Waals surface area (Å²) in [5.74, 6) is -0.0315. The van der Waals surface area contributed by atoms with Gasteiger partial charge in [0.25, 0.3) is 0 Å². The Balaban J connectivity index is 2.17. The highest BCUT2D eigenvalue weighted by Crippen LogP contribution is 2.33. The van der Waals surface area contributed by atoms with E-state index in [1.807, 2.05) is 48.2 Å². The second kappa shape index (κ2) is 6.02. The van der Waals surface area contributed by atoms with Crippen molar-refractivity contribution in [3.8, 4) is 0 Å². The summed E-state index contributed by atoms with van der Waals surface area (Å²) in [6.07, 6.45) is 2.60. The highest BCUT2D eigenvalue weighted by atomic mass is 16.3. The Morgan fingerprint density at radius 1 is 1.47 bits per heavy atom. The fourth-order valence-corrected chi connectivity index (χ4v) is 2.83. The van der Waals surface area contributed by atoms with Gasteiger partial charge in [-0.05, 0) is 24.8 Å². The number of carbonyl (C=O) groups excluding carboxylic acids is 1. The van der Waals surface area contributed by atoms with E-state index >= 15 is 0 Å². The minimum absolute atomic E-state index is 0.0533. The number of rotatable bonds is 5. The lowest BCUT2D eigenvalue weighted by atomic mass is 9.93. The highest BCUT2D eigenvalue weighted by molar-refractivity contribution is 5.82. The van der Waals surface area contributed by atoms with Crippen LogP contribution in [0.25, 0.3) is 0 Å². The van der Waals surface area contributed by atoms with Crippen LogP contribution in [-0.4, -0.2) is 29.1 Å². The highest BCUT2D eigenvalue weighted by Gasteiger charge is 2.41.